The maximum atomic E-state index is 11.7. The van der Waals surface area contributed by atoms with Gasteiger partial charge in [-0.1, -0.05) is 6.92 Å². The van der Waals surface area contributed by atoms with Crippen molar-refractivity contribution in [1.29, 1.82) is 0 Å². The van der Waals surface area contributed by atoms with E-state index in [1.54, 1.807) is 7.11 Å². The minimum Gasteiger partial charge on any atom is -0.384 e. The number of nitrogens with zero attached hydrogens (tertiary/aromatic N) is 1. The molecule has 0 bridgehead atoms. The Hall–Kier alpha value is -0.570. The van der Waals surface area contributed by atoms with E-state index in [1.165, 1.54) is 6.42 Å². The van der Waals surface area contributed by atoms with Crippen LogP contribution in [-0.4, -0.2) is 37.6 Å². The van der Waals surface area contributed by atoms with E-state index in [4.69, 9.17) is 4.74 Å². The Morgan fingerprint density at radius 2 is 2.00 bits per heavy atom. The van der Waals surface area contributed by atoms with Crippen LogP contribution in [0.3, 0.4) is 0 Å². The number of hydrogen-bond donors (Lipinski definition) is 0. The Labute approximate surface area is 80.1 Å². The summed E-state index contributed by atoms with van der Waals surface area (Å²) in [5.74, 6) is 0.268. The van der Waals surface area contributed by atoms with Gasteiger partial charge in [-0.15, -0.1) is 0 Å². The lowest BCUT2D eigenvalue weighted by Crippen LogP contribution is -2.40. The van der Waals surface area contributed by atoms with Crippen LogP contribution in [0.25, 0.3) is 0 Å². The van der Waals surface area contributed by atoms with Crippen LogP contribution in [0.4, 0.5) is 0 Å². The normalized spacial score (nSPS) is 20.0. The van der Waals surface area contributed by atoms with E-state index in [1.807, 2.05) is 11.8 Å². The molecule has 0 unspecified atom stereocenters. The lowest BCUT2D eigenvalue weighted by Gasteiger charge is -2.28. The summed E-state index contributed by atoms with van der Waals surface area (Å²) in [6.07, 6.45) is 3.58. The third-order valence-electron chi connectivity index (χ3n) is 2.51. The summed E-state index contributed by atoms with van der Waals surface area (Å²) in [7, 11) is 1.64. The molecule has 1 aliphatic heterocycles. The Balaban J connectivity index is 2.36. The number of likely N-dealkylation sites (tertiary alicyclic amines) is 1. The highest BCUT2D eigenvalue weighted by Gasteiger charge is 2.21. The molecule has 0 spiro atoms. The van der Waals surface area contributed by atoms with Crippen molar-refractivity contribution in [3.05, 3.63) is 0 Å². The first-order valence-electron chi connectivity index (χ1n) is 5.03. The first kappa shape index (κ1) is 10.5. The fourth-order valence-corrected chi connectivity index (χ4v) is 1.75. The first-order chi connectivity index (χ1) is 6.25. The molecule has 1 rings (SSSR count). The van der Waals surface area contributed by atoms with Gasteiger partial charge >= 0.3 is 0 Å². The summed E-state index contributed by atoms with van der Waals surface area (Å²) in [4.78, 5) is 13.7. The van der Waals surface area contributed by atoms with Crippen molar-refractivity contribution in [1.82, 2.24) is 4.90 Å². The number of hydrogen-bond acceptors (Lipinski definition) is 2. The molecule has 1 aliphatic rings. The molecule has 13 heavy (non-hydrogen) atoms. The summed E-state index contributed by atoms with van der Waals surface area (Å²) >= 11 is 0. The largest absolute Gasteiger partial charge is 0.384 e. The topological polar surface area (TPSA) is 29.5 Å². The van der Waals surface area contributed by atoms with Gasteiger partial charge in [0.1, 0.15) is 0 Å². The van der Waals surface area contributed by atoms with Crippen LogP contribution in [0.1, 0.15) is 26.2 Å². The molecule has 0 aromatic rings. The number of rotatable bonds is 3. The summed E-state index contributed by atoms with van der Waals surface area (Å²) in [5.41, 5.74) is 0. The van der Waals surface area contributed by atoms with Crippen LogP contribution in [0, 0.1) is 5.92 Å². The van der Waals surface area contributed by atoms with Crippen LogP contribution in [0.15, 0.2) is 0 Å². The van der Waals surface area contributed by atoms with Gasteiger partial charge in [0.25, 0.3) is 0 Å². The second-order valence-electron chi connectivity index (χ2n) is 3.74. The zero-order valence-corrected chi connectivity index (χ0v) is 8.58. The molecule has 76 valence electrons. The van der Waals surface area contributed by atoms with Crippen LogP contribution in [0.5, 0.6) is 0 Å². The van der Waals surface area contributed by atoms with Crippen molar-refractivity contribution < 1.29 is 9.53 Å². The third kappa shape index (κ3) is 2.99. The molecule has 1 amide bonds. The monoisotopic (exact) mass is 185 g/mol. The number of carbonyl (C=O) groups is 1. The van der Waals surface area contributed by atoms with E-state index >= 15 is 0 Å². The number of methoxy groups -OCH3 is 1. The number of ether oxygens (including phenoxy) is 1. The molecular weight excluding hydrogens is 166 g/mol. The molecule has 0 saturated carbocycles. The Bertz CT molecular complexity index is 164. The van der Waals surface area contributed by atoms with E-state index in [0.717, 1.165) is 25.9 Å². The molecule has 1 atom stereocenters. The van der Waals surface area contributed by atoms with Gasteiger partial charge in [-0.25, -0.2) is 0 Å². The van der Waals surface area contributed by atoms with E-state index in [-0.39, 0.29) is 11.8 Å². The molecule has 0 aliphatic carbocycles. The quantitative estimate of drug-likeness (QED) is 0.663. The van der Waals surface area contributed by atoms with Crippen molar-refractivity contribution in [2.75, 3.05) is 26.8 Å². The fraction of sp³-hybridized carbons (Fsp3) is 0.900. The van der Waals surface area contributed by atoms with Gasteiger partial charge in [-0.05, 0) is 19.3 Å². The van der Waals surface area contributed by atoms with Gasteiger partial charge < -0.3 is 9.64 Å². The Kier molecular flexibility index (Phi) is 4.22. The van der Waals surface area contributed by atoms with Crippen LogP contribution < -0.4 is 0 Å². The van der Waals surface area contributed by atoms with Crippen molar-refractivity contribution in [2.24, 2.45) is 5.92 Å². The van der Waals surface area contributed by atoms with E-state index < -0.39 is 0 Å². The average Bonchev–Trinajstić information content (AvgIpc) is 2.18. The van der Waals surface area contributed by atoms with Gasteiger partial charge in [-0.3, -0.25) is 4.79 Å². The minimum absolute atomic E-state index is 0.0168. The first-order valence-corrected chi connectivity index (χ1v) is 5.03. The molecule has 0 N–H and O–H groups in total. The van der Waals surface area contributed by atoms with Gasteiger partial charge in [-0.2, -0.15) is 0 Å². The SMILES string of the molecule is COC[C@@H](C)C(=O)N1CCCCC1. The lowest BCUT2D eigenvalue weighted by atomic mass is 10.1. The number of piperidine rings is 1. The van der Waals surface area contributed by atoms with Crippen LogP contribution >= 0.6 is 0 Å². The average molecular weight is 185 g/mol. The van der Waals surface area contributed by atoms with Gasteiger partial charge in [0.05, 0.1) is 12.5 Å². The summed E-state index contributed by atoms with van der Waals surface area (Å²) in [5, 5.41) is 0. The number of amides is 1. The van der Waals surface area contributed by atoms with Crippen LogP contribution in [-0.2, 0) is 9.53 Å². The van der Waals surface area contributed by atoms with Gasteiger partial charge in [0.2, 0.25) is 5.91 Å². The fourth-order valence-electron chi connectivity index (χ4n) is 1.75. The molecule has 3 nitrogen and oxygen atoms in total. The number of carbonyl (C=O) groups excluding carboxylic acids is 1. The molecule has 1 saturated heterocycles. The van der Waals surface area contributed by atoms with Gasteiger partial charge in [0, 0.05) is 20.2 Å². The highest BCUT2D eigenvalue weighted by molar-refractivity contribution is 5.78. The smallest absolute Gasteiger partial charge is 0.227 e. The van der Waals surface area contributed by atoms with Crippen molar-refractivity contribution >= 4 is 5.91 Å². The highest BCUT2D eigenvalue weighted by Crippen LogP contribution is 2.12. The van der Waals surface area contributed by atoms with Crippen LogP contribution in [0.2, 0.25) is 0 Å². The zero-order chi connectivity index (χ0) is 9.68. The van der Waals surface area contributed by atoms with Crippen molar-refractivity contribution in [2.45, 2.75) is 26.2 Å². The molecule has 0 aromatic carbocycles. The summed E-state index contributed by atoms with van der Waals surface area (Å²) in [6, 6.07) is 0. The third-order valence-corrected chi connectivity index (χ3v) is 2.51. The summed E-state index contributed by atoms with van der Waals surface area (Å²) in [6.45, 7) is 4.34. The second-order valence-corrected chi connectivity index (χ2v) is 3.74. The van der Waals surface area contributed by atoms with E-state index in [9.17, 15) is 4.79 Å². The summed E-state index contributed by atoms with van der Waals surface area (Å²) < 4.78 is 4.97. The molecular formula is C10H19NO2. The van der Waals surface area contributed by atoms with Crippen molar-refractivity contribution in [3.8, 4) is 0 Å². The minimum atomic E-state index is 0.0168. The van der Waals surface area contributed by atoms with Crippen molar-refractivity contribution in [3.63, 3.8) is 0 Å². The highest BCUT2D eigenvalue weighted by atomic mass is 16.5. The van der Waals surface area contributed by atoms with E-state index in [2.05, 4.69) is 0 Å². The lowest BCUT2D eigenvalue weighted by molar-refractivity contribution is -0.137. The maximum absolute atomic E-state index is 11.7. The zero-order valence-electron chi connectivity index (χ0n) is 8.58. The standard InChI is InChI=1S/C10H19NO2/c1-9(8-13-2)10(12)11-6-4-3-5-7-11/h9H,3-8H2,1-2H3/t9-/m1/s1. The molecule has 0 radical (unpaired) electrons. The van der Waals surface area contributed by atoms with Gasteiger partial charge in [0.15, 0.2) is 0 Å². The predicted molar refractivity (Wildman–Crippen MR) is 51.5 cm³/mol. The molecule has 3 heteroatoms. The Morgan fingerprint density at radius 3 is 2.54 bits per heavy atom. The molecule has 1 fully saturated rings. The molecule has 0 aromatic heterocycles. The van der Waals surface area contributed by atoms with E-state index in [0.29, 0.717) is 6.61 Å². The molecule has 1 heterocycles. The Morgan fingerprint density at radius 1 is 1.38 bits per heavy atom. The second kappa shape index (κ2) is 5.22. The maximum Gasteiger partial charge on any atom is 0.227 e. The predicted octanol–water partition coefficient (Wildman–Crippen LogP) is 1.28.